The molecule has 10 heteroatoms. The molecule has 0 spiro atoms. The molecule has 5 rings (SSSR count). The summed E-state index contributed by atoms with van der Waals surface area (Å²) in [5, 5.41) is 7.90. The monoisotopic (exact) mass is 442 g/mol. The van der Waals surface area contributed by atoms with E-state index >= 15 is 0 Å². The number of nitrogens with zero attached hydrogens (tertiary/aromatic N) is 4. The van der Waals surface area contributed by atoms with Crippen molar-refractivity contribution in [1.29, 1.82) is 0 Å². The lowest BCUT2D eigenvalue weighted by atomic mass is 10.1. The number of hydrogen-bond acceptors (Lipinski definition) is 8. The van der Waals surface area contributed by atoms with Crippen molar-refractivity contribution in [2.75, 3.05) is 31.1 Å². The molecule has 0 N–H and O–H groups in total. The van der Waals surface area contributed by atoms with Crippen LogP contribution in [0.15, 0.2) is 50.5 Å². The maximum atomic E-state index is 13.0. The Bertz CT molecular complexity index is 1200. The van der Waals surface area contributed by atoms with Gasteiger partial charge in [0.2, 0.25) is 11.0 Å². The number of aromatic nitrogens is 2. The van der Waals surface area contributed by atoms with Gasteiger partial charge in [0.15, 0.2) is 5.78 Å². The second-order valence-electron chi connectivity index (χ2n) is 7.87. The predicted octanol–water partition coefficient (Wildman–Crippen LogP) is 2.92. The largest absolute Gasteiger partial charge is 0.451 e. The van der Waals surface area contributed by atoms with E-state index in [4.69, 9.17) is 8.83 Å². The number of carbonyl (C=O) groups is 1. The van der Waals surface area contributed by atoms with Gasteiger partial charge >= 0.3 is 0 Å². The summed E-state index contributed by atoms with van der Waals surface area (Å²) in [6.45, 7) is 3.28. The molecule has 0 amide bonds. The first-order valence-corrected chi connectivity index (χ1v) is 11.6. The van der Waals surface area contributed by atoms with Crippen molar-refractivity contribution in [3.05, 3.63) is 48.0 Å². The average molecular weight is 442 g/mol. The van der Waals surface area contributed by atoms with Crippen molar-refractivity contribution >= 4 is 21.5 Å². The van der Waals surface area contributed by atoms with E-state index in [9.17, 15) is 13.2 Å². The zero-order valence-corrected chi connectivity index (χ0v) is 17.8. The fourth-order valence-corrected chi connectivity index (χ4v) is 4.98. The number of Topliss-reactive ketones (excluding diaryl/α,β-unsaturated/α-hetero) is 1. The standard InChI is InChI=1S/C21H22N4O5S/c1-14(26)15-4-6-18(7-5-15)24-8-10-25(11-9-24)31(27,28)19-12-17(13-29-19)21-23-22-20(30-21)16-2-3-16/h4-7,12-13,16H,2-3,8-11H2,1H3. The summed E-state index contributed by atoms with van der Waals surface area (Å²) >= 11 is 0. The van der Waals surface area contributed by atoms with Crippen LogP contribution < -0.4 is 4.90 Å². The van der Waals surface area contributed by atoms with E-state index in [0.29, 0.717) is 49.1 Å². The molecule has 1 aliphatic carbocycles. The molecule has 2 aromatic heterocycles. The number of piperazine rings is 1. The van der Waals surface area contributed by atoms with Crippen LogP contribution in [0.2, 0.25) is 0 Å². The molecule has 0 unspecified atom stereocenters. The van der Waals surface area contributed by atoms with Crippen molar-refractivity contribution in [3.63, 3.8) is 0 Å². The lowest BCUT2D eigenvalue weighted by Crippen LogP contribution is -2.48. The maximum absolute atomic E-state index is 13.0. The SMILES string of the molecule is CC(=O)c1ccc(N2CCN(S(=O)(=O)c3cc(-c4nnc(C5CC5)o4)co3)CC2)cc1. The summed E-state index contributed by atoms with van der Waals surface area (Å²) in [4.78, 5) is 13.5. The van der Waals surface area contributed by atoms with Crippen molar-refractivity contribution < 1.29 is 22.0 Å². The average Bonchev–Trinajstić information content (AvgIpc) is 3.29. The number of carbonyl (C=O) groups excluding carboxylic acids is 1. The topological polar surface area (TPSA) is 110 Å². The molecule has 1 saturated carbocycles. The highest BCUT2D eigenvalue weighted by Crippen LogP contribution is 2.40. The summed E-state index contributed by atoms with van der Waals surface area (Å²) in [6.07, 6.45) is 3.42. The van der Waals surface area contributed by atoms with E-state index in [1.165, 1.54) is 23.6 Å². The highest BCUT2D eigenvalue weighted by molar-refractivity contribution is 7.89. The summed E-state index contributed by atoms with van der Waals surface area (Å²) in [5.74, 6) is 1.20. The van der Waals surface area contributed by atoms with Crippen molar-refractivity contribution in [3.8, 4) is 11.5 Å². The van der Waals surface area contributed by atoms with Gasteiger partial charge in [-0.25, -0.2) is 8.42 Å². The first-order valence-electron chi connectivity index (χ1n) is 10.2. The molecule has 1 aliphatic heterocycles. The van der Waals surface area contributed by atoms with E-state index < -0.39 is 10.0 Å². The third-order valence-electron chi connectivity index (χ3n) is 5.66. The summed E-state index contributed by atoms with van der Waals surface area (Å²) in [5.41, 5.74) is 2.08. The Morgan fingerprint density at radius 1 is 1.06 bits per heavy atom. The molecule has 0 bridgehead atoms. The van der Waals surface area contributed by atoms with Gasteiger partial charge in [-0.3, -0.25) is 4.79 Å². The van der Waals surface area contributed by atoms with Crippen molar-refractivity contribution in [2.24, 2.45) is 0 Å². The highest BCUT2D eigenvalue weighted by atomic mass is 32.2. The Labute approximate surface area is 179 Å². The van der Waals surface area contributed by atoms with Gasteiger partial charge in [0.05, 0.1) is 5.56 Å². The highest BCUT2D eigenvalue weighted by Gasteiger charge is 2.33. The Morgan fingerprint density at radius 2 is 1.77 bits per heavy atom. The van der Waals surface area contributed by atoms with Gasteiger partial charge in [-0.1, -0.05) is 0 Å². The Hall–Kier alpha value is -2.98. The lowest BCUT2D eigenvalue weighted by molar-refractivity contribution is 0.101. The van der Waals surface area contributed by atoms with Crippen LogP contribution in [0.5, 0.6) is 0 Å². The summed E-state index contributed by atoms with van der Waals surface area (Å²) in [7, 11) is -3.76. The van der Waals surface area contributed by atoms with Gasteiger partial charge in [-0.2, -0.15) is 4.31 Å². The third kappa shape index (κ3) is 3.88. The van der Waals surface area contributed by atoms with Crippen LogP contribution in [0.4, 0.5) is 5.69 Å². The van der Waals surface area contributed by atoms with Crippen LogP contribution in [0, 0.1) is 0 Å². The minimum absolute atomic E-state index is 0.0181. The van der Waals surface area contributed by atoms with Gasteiger partial charge in [0.1, 0.15) is 6.26 Å². The molecule has 31 heavy (non-hydrogen) atoms. The molecule has 1 aromatic carbocycles. The molecular formula is C21H22N4O5S. The van der Waals surface area contributed by atoms with E-state index in [0.717, 1.165) is 18.5 Å². The second kappa shape index (κ2) is 7.61. The molecule has 9 nitrogen and oxygen atoms in total. The molecule has 0 radical (unpaired) electrons. The maximum Gasteiger partial charge on any atom is 0.276 e. The quantitative estimate of drug-likeness (QED) is 0.536. The molecule has 3 heterocycles. The Balaban J connectivity index is 1.26. The zero-order valence-electron chi connectivity index (χ0n) is 17.0. The Morgan fingerprint density at radius 3 is 2.42 bits per heavy atom. The fraction of sp³-hybridized carbons (Fsp3) is 0.381. The number of ketones is 1. The number of hydrogen-bond donors (Lipinski definition) is 0. The lowest BCUT2D eigenvalue weighted by Gasteiger charge is -2.34. The van der Waals surface area contributed by atoms with E-state index in [2.05, 4.69) is 15.1 Å². The molecule has 162 valence electrons. The first-order chi connectivity index (χ1) is 14.9. The minimum Gasteiger partial charge on any atom is -0.451 e. The smallest absolute Gasteiger partial charge is 0.276 e. The molecule has 2 aliphatic rings. The van der Waals surface area contributed by atoms with Crippen LogP contribution in [-0.2, 0) is 10.0 Å². The summed E-state index contributed by atoms with van der Waals surface area (Å²) in [6, 6.07) is 8.79. The first kappa shape index (κ1) is 20.0. The van der Waals surface area contributed by atoms with Gasteiger partial charge in [0.25, 0.3) is 15.9 Å². The normalized spacial score (nSPS) is 17.8. The number of benzene rings is 1. The van der Waals surface area contributed by atoms with Gasteiger partial charge in [-0.05, 0) is 44.0 Å². The minimum atomic E-state index is -3.76. The molecule has 1 saturated heterocycles. The van der Waals surface area contributed by atoms with Crippen molar-refractivity contribution in [2.45, 2.75) is 30.8 Å². The van der Waals surface area contributed by atoms with E-state index in [-0.39, 0.29) is 16.8 Å². The third-order valence-corrected chi connectivity index (χ3v) is 7.43. The van der Waals surface area contributed by atoms with Crippen LogP contribution >= 0.6 is 0 Å². The molecular weight excluding hydrogens is 420 g/mol. The summed E-state index contributed by atoms with van der Waals surface area (Å²) < 4.78 is 38.5. The van der Waals surface area contributed by atoms with E-state index in [1.807, 2.05) is 12.1 Å². The van der Waals surface area contributed by atoms with E-state index in [1.54, 1.807) is 12.1 Å². The predicted molar refractivity (Wildman–Crippen MR) is 111 cm³/mol. The number of sulfonamides is 1. The van der Waals surface area contributed by atoms with Crippen LogP contribution in [0.3, 0.4) is 0 Å². The number of furan rings is 1. The Kier molecular flexibility index (Phi) is 4.90. The number of anilines is 1. The van der Waals surface area contributed by atoms with Gasteiger partial charge in [0, 0.05) is 49.4 Å². The molecule has 2 fully saturated rings. The van der Waals surface area contributed by atoms with Gasteiger partial charge < -0.3 is 13.7 Å². The second-order valence-corrected chi connectivity index (χ2v) is 9.74. The number of rotatable bonds is 6. The zero-order chi connectivity index (χ0) is 21.6. The molecule has 0 atom stereocenters. The fourth-order valence-electron chi connectivity index (χ4n) is 3.63. The van der Waals surface area contributed by atoms with Crippen LogP contribution in [-0.4, -0.2) is 54.9 Å². The molecule has 3 aromatic rings. The van der Waals surface area contributed by atoms with Crippen molar-refractivity contribution in [1.82, 2.24) is 14.5 Å². The van der Waals surface area contributed by atoms with Crippen LogP contribution in [0.1, 0.15) is 41.9 Å². The van der Waals surface area contributed by atoms with Crippen LogP contribution in [0.25, 0.3) is 11.5 Å². The van der Waals surface area contributed by atoms with Gasteiger partial charge in [-0.15, -0.1) is 10.2 Å².